The summed E-state index contributed by atoms with van der Waals surface area (Å²) in [5, 5.41) is 0. The van der Waals surface area contributed by atoms with Crippen LogP contribution in [0, 0.1) is 41.4 Å². The molecule has 0 spiro atoms. The van der Waals surface area contributed by atoms with Crippen molar-refractivity contribution in [3.63, 3.8) is 0 Å². The van der Waals surface area contributed by atoms with Crippen molar-refractivity contribution < 1.29 is 4.79 Å². The number of allylic oxidation sites excluding steroid dienone is 2. The summed E-state index contributed by atoms with van der Waals surface area (Å²) in [5.41, 5.74) is 0. The van der Waals surface area contributed by atoms with Gasteiger partial charge in [-0.2, -0.15) is 0 Å². The minimum absolute atomic E-state index is 0.357. The maximum Gasteiger partial charge on any atom is 0.140 e. The second-order valence-corrected chi connectivity index (χ2v) is 6.60. The van der Waals surface area contributed by atoms with E-state index in [1.165, 1.54) is 19.3 Å². The van der Waals surface area contributed by atoms with Gasteiger partial charge >= 0.3 is 0 Å². The molecule has 0 aliphatic heterocycles. The summed E-state index contributed by atoms with van der Waals surface area (Å²) in [6, 6.07) is 0. The molecule has 3 unspecified atom stereocenters. The number of hydrogen-bond acceptors (Lipinski definition) is 1. The quantitative estimate of drug-likeness (QED) is 0.678. The molecule has 2 bridgehead atoms. The Labute approximate surface area is 105 Å². The molecule has 3 aliphatic carbocycles. The normalized spacial score (nSPS) is 48.8. The molecule has 1 heteroatoms. The number of carbonyl (C=O) groups is 1. The molecule has 0 amide bonds. The van der Waals surface area contributed by atoms with Gasteiger partial charge in [-0.25, -0.2) is 0 Å². The molecular formula is C16H24O. The van der Waals surface area contributed by atoms with Crippen LogP contribution >= 0.6 is 0 Å². The zero-order valence-corrected chi connectivity index (χ0v) is 11.2. The standard InChI is InChI=1S/C16H24O/c1-4-5-9(2)13-10(3)14-11-6-7-12(8-11)15(14)16(13)17/h6-7,9-15H,4-5,8H2,1-3H3/t9-,10?,11-,12+,13-,14?,15?/m0/s1. The van der Waals surface area contributed by atoms with E-state index in [0.717, 1.165) is 5.92 Å². The van der Waals surface area contributed by atoms with Crippen molar-refractivity contribution in [2.75, 3.05) is 0 Å². The van der Waals surface area contributed by atoms with Crippen molar-refractivity contribution >= 4 is 5.78 Å². The third kappa shape index (κ3) is 1.47. The van der Waals surface area contributed by atoms with Gasteiger partial charge in [0.25, 0.3) is 0 Å². The number of fused-ring (bicyclic) bond motifs is 5. The lowest BCUT2D eigenvalue weighted by molar-refractivity contribution is -0.126. The maximum absolute atomic E-state index is 12.7. The lowest BCUT2D eigenvalue weighted by Gasteiger charge is -2.26. The molecule has 0 aromatic carbocycles. The van der Waals surface area contributed by atoms with Gasteiger partial charge in [0.2, 0.25) is 0 Å². The Kier molecular flexibility index (Phi) is 2.68. The van der Waals surface area contributed by atoms with Gasteiger partial charge in [-0.1, -0.05) is 45.8 Å². The number of ketones is 1. The minimum Gasteiger partial charge on any atom is -0.299 e. The molecule has 3 aliphatic rings. The highest BCUT2D eigenvalue weighted by Gasteiger charge is 2.58. The lowest BCUT2D eigenvalue weighted by atomic mass is 9.77. The Morgan fingerprint density at radius 3 is 2.71 bits per heavy atom. The largest absolute Gasteiger partial charge is 0.299 e. The van der Waals surface area contributed by atoms with Crippen molar-refractivity contribution in [3.8, 4) is 0 Å². The Bertz CT molecular complexity index is 357. The van der Waals surface area contributed by atoms with E-state index in [1.807, 2.05) is 0 Å². The first-order valence-electron chi connectivity index (χ1n) is 7.37. The summed E-state index contributed by atoms with van der Waals surface area (Å²) in [4.78, 5) is 12.7. The Hall–Kier alpha value is -0.590. The van der Waals surface area contributed by atoms with Crippen molar-refractivity contribution in [3.05, 3.63) is 12.2 Å². The van der Waals surface area contributed by atoms with Crippen molar-refractivity contribution in [1.82, 2.24) is 0 Å². The molecule has 0 N–H and O–H groups in total. The molecule has 2 saturated carbocycles. The highest BCUT2D eigenvalue weighted by molar-refractivity contribution is 5.88. The Balaban J connectivity index is 1.85. The Morgan fingerprint density at radius 2 is 2.06 bits per heavy atom. The second-order valence-electron chi connectivity index (χ2n) is 6.60. The number of Topliss-reactive ketones (excluding diaryl/α,β-unsaturated/α-hetero) is 1. The van der Waals surface area contributed by atoms with Gasteiger partial charge in [0.15, 0.2) is 0 Å². The molecule has 0 aromatic rings. The van der Waals surface area contributed by atoms with Crippen LogP contribution in [0.3, 0.4) is 0 Å². The third-order valence-corrected chi connectivity index (χ3v) is 5.71. The average molecular weight is 232 g/mol. The van der Waals surface area contributed by atoms with Crippen LogP contribution in [0.4, 0.5) is 0 Å². The van der Waals surface area contributed by atoms with Crippen LogP contribution in [0.25, 0.3) is 0 Å². The SMILES string of the molecule is CCC[C@H](C)[C@@H]1C(=O)C2C(C1C)[C@H]1C=C[C@@H]2C1. The predicted molar refractivity (Wildman–Crippen MR) is 69.5 cm³/mol. The fourth-order valence-corrected chi connectivity index (χ4v) is 5.13. The van der Waals surface area contributed by atoms with E-state index >= 15 is 0 Å². The summed E-state index contributed by atoms with van der Waals surface area (Å²) in [7, 11) is 0. The van der Waals surface area contributed by atoms with Crippen molar-refractivity contribution in [2.45, 2.75) is 40.0 Å². The molecule has 0 saturated heterocycles. The van der Waals surface area contributed by atoms with Crippen LogP contribution in [0.1, 0.15) is 40.0 Å². The third-order valence-electron chi connectivity index (χ3n) is 5.71. The van der Waals surface area contributed by atoms with E-state index in [-0.39, 0.29) is 0 Å². The van der Waals surface area contributed by atoms with Gasteiger partial charge < -0.3 is 0 Å². The maximum atomic E-state index is 12.7. The lowest BCUT2D eigenvalue weighted by Crippen LogP contribution is -2.25. The highest BCUT2D eigenvalue weighted by Crippen LogP contribution is 2.59. The fraction of sp³-hybridized carbons (Fsp3) is 0.812. The summed E-state index contributed by atoms with van der Waals surface area (Å²) in [6.07, 6.45) is 8.40. The van der Waals surface area contributed by atoms with Gasteiger partial charge in [-0.05, 0) is 36.0 Å². The fourth-order valence-electron chi connectivity index (χ4n) is 5.13. The van der Waals surface area contributed by atoms with Crippen molar-refractivity contribution in [2.24, 2.45) is 41.4 Å². The molecule has 3 rings (SSSR count). The zero-order valence-electron chi connectivity index (χ0n) is 11.2. The number of carbonyl (C=O) groups excluding carboxylic acids is 1. The van der Waals surface area contributed by atoms with E-state index < -0.39 is 0 Å². The molecule has 0 heterocycles. The molecule has 0 aromatic heterocycles. The minimum atomic E-state index is 0.357. The van der Waals surface area contributed by atoms with Gasteiger partial charge in [0.1, 0.15) is 5.78 Å². The van der Waals surface area contributed by atoms with E-state index in [0.29, 0.717) is 41.3 Å². The first-order chi connectivity index (χ1) is 8.15. The number of hydrogen-bond donors (Lipinski definition) is 0. The molecular weight excluding hydrogens is 208 g/mol. The average Bonchev–Trinajstić information content (AvgIpc) is 2.93. The van der Waals surface area contributed by atoms with E-state index in [4.69, 9.17) is 0 Å². The topological polar surface area (TPSA) is 17.1 Å². The van der Waals surface area contributed by atoms with Crippen LogP contribution in [0.5, 0.6) is 0 Å². The Morgan fingerprint density at radius 1 is 1.35 bits per heavy atom. The monoisotopic (exact) mass is 232 g/mol. The first kappa shape index (κ1) is 11.5. The summed E-state index contributed by atoms with van der Waals surface area (Å²) in [6.45, 7) is 6.86. The molecule has 0 radical (unpaired) electrons. The molecule has 94 valence electrons. The first-order valence-corrected chi connectivity index (χ1v) is 7.37. The molecule has 7 atom stereocenters. The second kappa shape index (κ2) is 3.96. The highest BCUT2D eigenvalue weighted by atomic mass is 16.1. The van der Waals surface area contributed by atoms with Crippen LogP contribution in [-0.4, -0.2) is 5.78 Å². The van der Waals surface area contributed by atoms with Gasteiger partial charge in [0.05, 0.1) is 0 Å². The van der Waals surface area contributed by atoms with Crippen LogP contribution in [-0.2, 0) is 4.79 Å². The summed E-state index contributed by atoms with van der Waals surface area (Å²) in [5.74, 6) is 4.57. The summed E-state index contributed by atoms with van der Waals surface area (Å²) < 4.78 is 0. The predicted octanol–water partition coefficient (Wildman–Crippen LogP) is 3.70. The zero-order chi connectivity index (χ0) is 12.2. The molecule has 17 heavy (non-hydrogen) atoms. The van der Waals surface area contributed by atoms with Gasteiger partial charge in [-0.3, -0.25) is 4.79 Å². The molecule has 1 nitrogen and oxygen atoms in total. The smallest absolute Gasteiger partial charge is 0.140 e. The summed E-state index contributed by atoms with van der Waals surface area (Å²) >= 11 is 0. The van der Waals surface area contributed by atoms with Crippen LogP contribution in [0.2, 0.25) is 0 Å². The van der Waals surface area contributed by atoms with Crippen LogP contribution in [0.15, 0.2) is 12.2 Å². The van der Waals surface area contributed by atoms with Gasteiger partial charge in [-0.15, -0.1) is 0 Å². The van der Waals surface area contributed by atoms with E-state index in [1.54, 1.807) is 0 Å². The van der Waals surface area contributed by atoms with Gasteiger partial charge in [0, 0.05) is 11.8 Å². The molecule has 2 fully saturated rings. The van der Waals surface area contributed by atoms with E-state index in [2.05, 4.69) is 32.9 Å². The van der Waals surface area contributed by atoms with Crippen LogP contribution < -0.4 is 0 Å². The number of rotatable bonds is 3. The van der Waals surface area contributed by atoms with Crippen molar-refractivity contribution in [1.29, 1.82) is 0 Å². The van der Waals surface area contributed by atoms with E-state index in [9.17, 15) is 4.79 Å².